The minimum atomic E-state index is -4.78. The standard InChI is InChI=1S/C41H73O9P/c1-3-5-7-9-11-12-13-14-15-16-17-18-19-20-22-26-30-34-40(43)48-36-39(37-49-51(45,46)47)50-41(44)35-31-27-23-25-29-33-38(42)32-28-24-21-10-8-6-4-2/h14-15,21,24,28,32,39H,3-13,16-20,22-23,25-27,29-31,33-37H2,1-2H3,(H2,45,46,47)/b15-14-,24-21-,32-28+/t39-/m1/s1. The van der Waals surface area contributed by atoms with E-state index in [1.165, 1.54) is 83.5 Å². The van der Waals surface area contributed by atoms with Gasteiger partial charge in [-0.15, -0.1) is 0 Å². The quantitative estimate of drug-likeness (QED) is 0.0159. The highest BCUT2D eigenvalue weighted by atomic mass is 31.2. The zero-order valence-corrected chi connectivity index (χ0v) is 33.1. The lowest BCUT2D eigenvalue weighted by Crippen LogP contribution is -2.29. The van der Waals surface area contributed by atoms with Gasteiger partial charge in [-0.2, -0.15) is 0 Å². The zero-order valence-electron chi connectivity index (χ0n) is 32.2. The Labute approximate surface area is 310 Å². The maximum Gasteiger partial charge on any atom is 0.469 e. The molecular formula is C41H73O9P. The summed E-state index contributed by atoms with van der Waals surface area (Å²) in [5.74, 6) is -0.870. The molecule has 0 aromatic carbocycles. The highest BCUT2D eigenvalue weighted by molar-refractivity contribution is 7.46. The number of ether oxygens (including phenoxy) is 2. The molecule has 0 radical (unpaired) electrons. The monoisotopic (exact) mass is 740 g/mol. The first-order chi connectivity index (χ1) is 24.7. The first-order valence-electron chi connectivity index (χ1n) is 20.2. The number of hydrogen-bond donors (Lipinski definition) is 2. The summed E-state index contributed by atoms with van der Waals surface area (Å²) in [6, 6.07) is 0. The van der Waals surface area contributed by atoms with Gasteiger partial charge in [0.2, 0.25) is 0 Å². The number of carbonyl (C=O) groups excluding carboxylic acids is 3. The van der Waals surface area contributed by atoms with Crippen LogP contribution >= 0.6 is 7.82 Å². The molecule has 0 aromatic rings. The normalized spacial score (nSPS) is 12.7. The average molecular weight is 741 g/mol. The fourth-order valence-electron chi connectivity index (χ4n) is 5.52. The van der Waals surface area contributed by atoms with Gasteiger partial charge in [0.25, 0.3) is 0 Å². The number of hydrogen-bond acceptors (Lipinski definition) is 7. The molecule has 0 saturated carbocycles. The molecule has 0 aliphatic carbocycles. The molecule has 0 aliphatic heterocycles. The van der Waals surface area contributed by atoms with E-state index in [0.717, 1.165) is 57.8 Å². The number of allylic oxidation sites excluding steroid dienone is 6. The number of carbonyl (C=O) groups is 3. The number of ketones is 1. The third-order valence-electron chi connectivity index (χ3n) is 8.61. The summed E-state index contributed by atoms with van der Waals surface area (Å²) >= 11 is 0. The van der Waals surface area contributed by atoms with Crippen LogP contribution in [0, 0.1) is 0 Å². The molecule has 0 bridgehead atoms. The van der Waals surface area contributed by atoms with Gasteiger partial charge >= 0.3 is 19.8 Å². The van der Waals surface area contributed by atoms with Crippen molar-refractivity contribution in [3.63, 3.8) is 0 Å². The molecule has 0 aromatic heterocycles. The molecule has 10 heteroatoms. The minimum Gasteiger partial charge on any atom is -0.462 e. The maximum absolute atomic E-state index is 12.4. The van der Waals surface area contributed by atoms with Crippen LogP contribution in [0.5, 0.6) is 0 Å². The third kappa shape index (κ3) is 39.0. The molecule has 0 heterocycles. The lowest BCUT2D eigenvalue weighted by atomic mass is 10.1. The molecule has 0 aliphatic rings. The van der Waals surface area contributed by atoms with E-state index in [0.29, 0.717) is 19.3 Å². The predicted octanol–water partition coefficient (Wildman–Crippen LogP) is 11.4. The molecule has 2 N–H and O–H groups in total. The van der Waals surface area contributed by atoms with E-state index in [1.807, 2.05) is 6.08 Å². The lowest BCUT2D eigenvalue weighted by molar-refractivity contribution is -0.161. The second kappa shape index (κ2) is 36.3. The molecule has 51 heavy (non-hydrogen) atoms. The van der Waals surface area contributed by atoms with Gasteiger partial charge in [0.15, 0.2) is 11.9 Å². The van der Waals surface area contributed by atoms with Crippen LogP contribution in [0.2, 0.25) is 0 Å². The van der Waals surface area contributed by atoms with Crippen LogP contribution in [0.3, 0.4) is 0 Å². The van der Waals surface area contributed by atoms with Crippen molar-refractivity contribution in [2.75, 3.05) is 13.2 Å². The van der Waals surface area contributed by atoms with Crippen LogP contribution < -0.4 is 0 Å². The fourth-order valence-corrected chi connectivity index (χ4v) is 5.89. The van der Waals surface area contributed by atoms with Crippen LogP contribution in [-0.2, 0) is 32.9 Å². The van der Waals surface area contributed by atoms with Crippen molar-refractivity contribution in [3.8, 4) is 0 Å². The lowest BCUT2D eigenvalue weighted by Gasteiger charge is -2.18. The van der Waals surface area contributed by atoms with Gasteiger partial charge in [-0.1, -0.05) is 141 Å². The Bertz CT molecular complexity index is 986. The van der Waals surface area contributed by atoms with E-state index in [4.69, 9.17) is 19.3 Å². The molecular weight excluding hydrogens is 667 g/mol. The van der Waals surface area contributed by atoms with Gasteiger partial charge in [-0.05, 0) is 63.9 Å². The maximum atomic E-state index is 12.4. The first-order valence-corrected chi connectivity index (χ1v) is 21.8. The SMILES string of the molecule is CCCCC/C=C\C=C\C(=O)CCCCCCCC(=O)O[C@H](COC(=O)CCCCCCCCC/C=C\CCCCCCCC)COP(=O)(O)O. The van der Waals surface area contributed by atoms with Crippen LogP contribution in [0.25, 0.3) is 0 Å². The molecule has 0 saturated heterocycles. The van der Waals surface area contributed by atoms with E-state index in [2.05, 4.69) is 36.6 Å². The summed E-state index contributed by atoms with van der Waals surface area (Å²) in [4.78, 5) is 54.7. The summed E-state index contributed by atoms with van der Waals surface area (Å²) in [6.45, 7) is 3.52. The van der Waals surface area contributed by atoms with E-state index in [-0.39, 0.29) is 25.2 Å². The summed E-state index contributed by atoms with van der Waals surface area (Å²) in [6.07, 6.45) is 38.3. The average Bonchev–Trinajstić information content (AvgIpc) is 3.09. The Hall–Kier alpha value is -2.06. The number of phosphoric acid groups is 1. The smallest absolute Gasteiger partial charge is 0.462 e. The van der Waals surface area contributed by atoms with Crippen molar-refractivity contribution < 1.29 is 42.7 Å². The van der Waals surface area contributed by atoms with Crippen LogP contribution in [0.4, 0.5) is 0 Å². The van der Waals surface area contributed by atoms with E-state index in [1.54, 1.807) is 12.2 Å². The Morgan fingerprint density at radius 2 is 1.00 bits per heavy atom. The van der Waals surface area contributed by atoms with E-state index >= 15 is 0 Å². The fraction of sp³-hybridized carbons (Fsp3) is 0.780. The number of esters is 2. The summed E-state index contributed by atoms with van der Waals surface area (Å²) in [7, 11) is -4.78. The van der Waals surface area contributed by atoms with Crippen molar-refractivity contribution in [1.29, 1.82) is 0 Å². The van der Waals surface area contributed by atoms with Crippen molar-refractivity contribution in [1.82, 2.24) is 0 Å². The van der Waals surface area contributed by atoms with Gasteiger partial charge in [0, 0.05) is 19.3 Å². The van der Waals surface area contributed by atoms with Crippen LogP contribution in [0.15, 0.2) is 36.5 Å². The summed E-state index contributed by atoms with van der Waals surface area (Å²) < 4.78 is 26.3. The second-order valence-corrected chi connectivity index (χ2v) is 14.9. The Morgan fingerprint density at radius 3 is 1.57 bits per heavy atom. The van der Waals surface area contributed by atoms with Crippen molar-refractivity contribution in [2.45, 2.75) is 193 Å². The molecule has 296 valence electrons. The largest absolute Gasteiger partial charge is 0.469 e. The van der Waals surface area contributed by atoms with Gasteiger partial charge in [0.1, 0.15) is 6.61 Å². The van der Waals surface area contributed by atoms with Crippen molar-refractivity contribution >= 4 is 25.5 Å². The minimum absolute atomic E-state index is 0.111. The molecule has 0 fully saturated rings. The number of rotatable bonds is 37. The van der Waals surface area contributed by atoms with E-state index < -0.39 is 32.5 Å². The van der Waals surface area contributed by atoms with E-state index in [9.17, 15) is 18.9 Å². The Balaban J connectivity index is 4.02. The van der Waals surface area contributed by atoms with Crippen molar-refractivity contribution in [3.05, 3.63) is 36.5 Å². The molecule has 0 spiro atoms. The molecule has 1 atom stereocenters. The van der Waals surface area contributed by atoms with Gasteiger partial charge in [-0.3, -0.25) is 18.9 Å². The predicted molar refractivity (Wildman–Crippen MR) is 207 cm³/mol. The Morgan fingerprint density at radius 1 is 0.549 bits per heavy atom. The van der Waals surface area contributed by atoms with Crippen LogP contribution in [-0.4, -0.2) is 46.8 Å². The second-order valence-electron chi connectivity index (χ2n) is 13.6. The third-order valence-corrected chi connectivity index (χ3v) is 9.09. The number of unbranched alkanes of at least 4 members (excludes halogenated alkanes) is 20. The topological polar surface area (TPSA) is 136 Å². The first kappa shape index (κ1) is 48.9. The number of phosphoric ester groups is 1. The summed E-state index contributed by atoms with van der Waals surface area (Å²) in [5.41, 5.74) is 0. The van der Waals surface area contributed by atoms with Crippen molar-refractivity contribution in [2.24, 2.45) is 0 Å². The Kier molecular flexibility index (Phi) is 34.8. The highest BCUT2D eigenvalue weighted by Crippen LogP contribution is 2.36. The molecule has 0 rings (SSSR count). The van der Waals surface area contributed by atoms with Gasteiger partial charge < -0.3 is 19.3 Å². The molecule has 0 amide bonds. The van der Waals surface area contributed by atoms with Crippen LogP contribution in [0.1, 0.15) is 187 Å². The zero-order chi connectivity index (χ0) is 37.7. The molecule has 9 nitrogen and oxygen atoms in total. The van der Waals surface area contributed by atoms with Gasteiger partial charge in [-0.25, -0.2) is 4.57 Å². The highest BCUT2D eigenvalue weighted by Gasteiger charge is 2.22. The van der Waals surface area contributed by atoms with Gasteiger partial charge in [0.05, 0.1) is 6.61 Å². The summed E-state index contributed by atoms with van der Waals surface area (Å²) in [5, 5.41) is 0. The molecule has 0 unspecified atom stereocenters.